The van der Waals surface area contributed by atoms with Crippen LogP contribution in [-0.2, 0) is 13.0 Å². The minimum atomic E-state index is -0.0483. The third-order valence-electron chi connectivity index (χ3n) is 4.69. The van der Waals surface area contributed by atoms with Crippen molar-refractivity contribution in [2.75, 3.05) is 6.61 Å². The Hall–Kier alpha value is -0.860. The number of rotatable bonds is 5. The summed E-state index contributed by atoms with van der Waals surface area (Å²) in [5, 5.41) is 13.4. The molecule has 0 aliphatic heterocycles. The predicted octanol–water partition coefficient (Wildman–Crippen LogP) is 3.28. The molecule has 1 fully saturated rings. The minimum absolute atomic E-state index is 0.0483. The molecule has 2 heteroatoms. The molecule has 0 heterocycles. The Kier molecular flexibility index (Phi) is 5.00. The summed E-state index contributed by atoms with van der Waals surface area (Å²) in [7, 11) is 0. The molecule has 1 aliphatic rings. The fourth-order valence-corrected chi connectivity index (χ4v) is 3.06. The Morgan fingerprint density at radius 1 is 1.21 bits per heavy atom. The third-order valence-corrected chi connectivity index (χ3v) is 4.69. The summed E-state index contributed by atoms with van der Waals surface area (Å²) in [4.78, 5) is 0. The second-order valence-electron chi connectivity index (χ2n) is 6.10. The average Bonchev–Trinajstić information content (AvgIpc) is 2.47. The average molecular weight is 261 g/mol. The Morgan fingerprint density at radius 3 is 2.42 bits per heavy atom. The first-order valence-electron chi connectivity index (χ1n) is 7.62. The zero-order chi connectivity index (χ0) is 13.7. The van der Waals surface area contributed by atoms with Gasteiger partial charge in [0.15, 0.2) is 0 Å². The molecule has 1 aromatic rings. The van der Waals surface area contributed by atoms with Crippen molar-refractivity contribution in [3.05, 3.63) is 35.4 Å². The van der Waals surface area contributed by atoms with Crippen molar-refractivity contribution in [3.63, 3.8) is 0 Å². The van der Waals surface area contributed by atoms with Gasteiger partial charge in [0.2, 0.25) is 0 Å². The maximum atomic E-state index is 9.77. The SMILES string of the molecule is CCc1ccccc1CNC1(CO)CCC(C)CC1. The van der Waals surface area contributed by atoms with Gasteiger partial charge in [0.25, 0.3) is 0 Å². The molecule has 0 amide bonds. The van der Waals surface area contributed by atoms with E-state index in [1.807, 2.05) is 0 Å². The summed E-state index contributed by atoms with van der Waals surface area (Å²) in [6, 6.07) is 8.60. The lowest BCUT2D eigenvalue weighted by atomic mass is 9.77. The number of nitrogens with one attached hydrogen (secondary N) is 1. The van der Waals surface area contributed by atoms with Gasteiger partial charge in [-0.05, 0) is 49.1 Å². The fourth-order valence-electron chi connectivity index (χ4n) is 3.06. The molecule has 1 aromatic carbocycles. The molecule has 0 saturated heterocycles. The van der Waals surface area contributed by atoms with Crippen LogP contribution in [0.1, 0.15) is 50.7 Å². The number of hydrogen-bond donors (Lipinski definition) is 2. The minimum Gasteiger partial charge on any atom is -0.394 e. The van der Waals surface area contributed by atoms with Crippen LogP contribution in [0.3, 0.4) is 0 Å². The van der Waals surface area contributed by atoms with Crippen LogP contribution in [-0.4, -0.2) is 17.3 Å². The first-order valence-corrected chi connectivity index (χ1v) is 7.62. The maximum absolute atomic E-state index is 9.77. The van der Waals surface area contributed by atoms with Crippen molar-refractivity contribution in [1.82, 2.24) is 5.32 Å². The first-order chi connectivity index (χ1) is 9.19. The molecule has 1 saturated carbocycles. The molecule has 106 valence electrons. The van der Waals surface area contributed by atoms with Gasteiger partial charge >= 0.3 is 0 Å². The van der Waals surface area contributed by atoms with Crippen molar-refractivity contribution in [2.45, 2.75) is 58.0 Å². The van der Waals surface area contributed by atoms with E-state index in [0.717, 1.165) is 31.7 Å². The van der Waals surface area contributed by atoms with Crippen LogP contribution in [0.5, 0.6) is 0 Å². The zero-order valence-electron chi connectivity index (χ0n) is 12.3. The zero-order valence-corrected chi connectivity index (χ0v) is 12.3. The molecular weight excluding hydrogens is 234 g/mol. The van der Waals surface area contributed by atoms with Gasteiger partial charge in [-0.2, -0.15) is 0 Å². The number of benzene rings is 1. The summed E-state index contributed by atoms with van der Waals surface area (Å²) in [6.45, 7) is 5.64. The van der Waals surface area contributed by atoms with Gasteiger partial charge in [-0.15, -0.1) is 0 Å². The largest absolute Gasteiger partial charge is 0.394 e. The first kappa shape index (κ1) is 14.5. The van der Waals surface area contributed by atoms with Gasteiger partial charge in [0.1, 0.15) is 0 Å². The van der Waals surface area contributed by atoms with Gasteiger partial charge in [0.05, 0.1) is 6.61 Å². The van der Waals surface area contributed by atoms with E-state index < -0.39 is 0 Å². The van der Waals surface area contributed by atoms with Gasteiger partial charge in [-0.25, -0.2) is 0 Å². The Balaban J connectivity index is 2.00. The Morgan fingerprint density at radius 2 is 1.84 bits per heavy atom. The Labute approximate surface area is 117 Å². The van der Waals surface area contributed by atoms with Crippen molar-refractivity contribution in [3.8, 4) is 0 Å². The lowest BCUT2D eigenvalue weighted by molar-refractivity contribution is 0.104. The van der Waals surface area contributed by atoms with Gasteiger partial charge in [0, 0.05) is 12.1 Å². The quantitative estimate of drug-likeness (QED) is 0.852. The lowest BCUT2D eigenvalue weighted by Crippen LogP contribution is -2.50. The van der Waals surface area contributed by atoms with E-state index in [-0.39, 0.29) is 12.1 Å². The van der Waals surface area contributed by atoms with Crippen molar-refractivity contribution >= 4 is 0 Å². The van der Waals surface area contributed by atoms with Crippen LogP contribution in [0.25, 0.3) is 0 Å². The summed E-state index contributed by atoms with van der Waals surface area (Å²) in [6.07, 6.45) is 5.71. The van der Waals surface area contributed by atoms with Crippen LogP contribution >= 0.6 is 0 Å². The summed E-state index contributed by atoms with van der Waals surface area (Å²) in [5.74, 6) is 0.810. The topological polar surface area (TPSA) is 32.3 Å². The van der Waals surface area contributed by atoms with E-state index in [4.69, 9.17) is 0 Å². The lowest BCUT2D eigenvalue weighted by Gasteiger charge is -2.39. The molecule has 1 aliphatic carbocycles. The van der Waals surface area contributed by atoms with Crippen LogP contribution in [0, 0.1) is 5.92 Å². The molecule has 0 atom stereocenters. The molecule has 0 bridgehead atoms. The predicted molar refractivity (Wildman–Crippen MR) is 80.1 cm³/mol. The molecule has 2 nitrogen and oxygen atoms in total. The molecule has 0 radical (unpaired) electrons. The molecule has 0 aromatic heterocycles. The molecule has 0 spiro atoms. The van der Waals surface area contributed by atoms with Crippen LogP contribution < -0.4 is 5.32 Å². The molecule has 19 heavy (non-hydrogen) atoms. The molecule has 2 N–H and O–H groups in total. The van der Waals surface area contributed by atoms with E-state index in [1.54, 1.807) is 0 Å². The van der Waals surface area contributed by atoms with Crippen molar-refractivity contribution in [2.24, 2.45) is 5.92 Å². The normalized spacial score (nSPS) is 27.4. The Bertz CT molecular complexity index is 394. The fraction of sp³-hybridized carbons (Fsp3) is 0.647. The standard InChI is InChI=1S/C17H27NO/c1-3-15-6-4-5-7-16(15)12-18-17(13-19)10-8-14(2)9-11-17/h4-7,14,18-19H,3,8-13H2,1-2H3. The van der Waals surface area contributed by atoms with E-state index in [1.165, 1.54) is 24.0 Å². The maximum Gasteiger partial charge on any atom is 0.0613 e. The van der Waals surface area contributed by atoms with Gasteiger partial charge < -0.3 is 10.4 Å². The van der Waals surface area contributed by atoms with Crippen molar-refractivity contribution < 1.29 is 5.11 Å². The highest BCUT2D eigenvalue weighted by atomic mass is 16.3. The van der Waals surface area contributed by atoms with Crippen LogP contribution in [0.2, 0.25) is 0 Å². The van der Waals surface area contributed by atoms with Gasteiger partial charge in [-0.1, -0.05) is 38.1 Å². The highest BCUT2D eigenvalue weighted by molar-refractivity contribution is 5.27. The molecule has 0 unspecified atom stereocenters. The third kappa shape index (κ3) is 3.58. The van der Waals surface area contributed by atoms with E-state index in [2.05, 4.69) is 43.4 Å². The molecular formula is C17H27NO. The van der Waals surface area contributed by atoms with Crippen LogP contribution in [0.4, 0.5) is 0 Å². The summed E-state index contributed by atoms with van der Waals surface area (Å²) in [5.41, 5.74) is 2.73. The van der Waals surface area contributed by atoms with Crippen molar-refractivity contribution in [1.29, 1.82) is 0 Å². The second kappa shape index (κ2) is 6.53. The second-order valence-corrected chi connectivity index (χ2v) is 6.10. The number of hydrogen-bond acceptors (Lipinski definition) is 2. The van der Waals surface area contributed by atoms with E-state index >= 15 is 0 Å². The van der Waals surface area contributed by atoms with E-state index in [0.29, 0.717) is 0 Å². The number of aryl methyl sites for hydroxylation is 1. The number of aliphatic hydroxyl groups excluding tert-OH is 1. The summed E-state index contributed by atoms with van der Waals surface area (Å²) < 4.78 is 0. The number of aliphatic hydroxyl groups is 1. The highest BCUT2D eigenvalue weighted by Crippen LogP contribution is 2.32. The van der Waals surface area contributed by atoms with Gasteiger partial charge in [-0.3, -0.25) is 0 Å². The summed E-state index contributed by atoms with van der Waals surface area (Å²) >= 11 is 0. The molecule has 2 rings (SSSR count). The monoisotopic (exact) mass is 261 g/mol. The van der Waals surface area contributed by atoms with E-state index in [9.17, 15) is 5.11 Å². The highest BCUT2D eigenvalue weighted by Gasteiger charge is 2.32. The smallest absolute Gasteiger partial charge is 0.0613 e. The van der Waals surface area contributed by atoms with Crippen LogP contribution in [0.15, 0.2) is 24.3 Å².